The summed E-state index contributed by atoms with van der Waals surface area (Å²) in [5.74, 6) is 0. The van der Waals surface area contributed by atoms with Crippen LogP contribution in [-0.2, 0) is 0 Å². The minimum atomic E-state index is 1.20. The summed E-state index contributed by atoms with van der Waals surface area (Å²) in [6.45, 7) is 20.3. The van der Waals surface area contributed by atoms with Crippen molar-refractivity contribution in [2.75, 3.05) is 45.8 Å². The summed E-state index contributed by atoms with van der Waals surface area (Å²) in [7, 11) is 0. The summed E-state index contributed by atoms with van der Waals surface area (Å²) in [6.07, 6.45) is 2.63. The molecule has 116 valence electrons. The van der Waals surface area contributed by atoms with Gasteiger partial charge < -0.3 is 19.8 Å². The molecule has 0 rings (SSSR count). The van der Waals surface area contributed by atoms with E-state index in [1.165, 1.54) is 68.9 Å². The topological polar surface area (TPSA) is 61.7 Å². The molecule has 0 saturated heterocycles. The number of aliphatic imine (C=N–C) groups is 1. The molecule has 0 spiro atoms. The second-order valence-corrected chi connectivity index (χ2v) is 4.71. The van der Waals surface area contributed by atoms with Gasteiger partial charge in [0.05, 0.1) is 32.4 Å². The largest absolute Gasteiger partial charge is 0.422 e. The van der Waals surface area contributed by atoms with Crippen LogP contribution in [0.1, 0.15) is 41.0 Å². The predicted molar refractivity (Wildman–Crippen MR) is 85.6 cm³/mol. The smallest absolute Gasteiger partial charge is 0.0925 e. The van der Waals surface area contributed by atoms with Crippen LogP contribution in [-0.4, -0.2) is 61.2 Å². The monoisotopic (exact) mass is 281 g/mol. The normalized spacial score (nSPS) is 10.2. The Hall–Kier alpha value is -1.21. The lowest BCUT2D eigenvalue weighted by atomic mass is 10.2. The molecule has 0 aromatic carbocycles. The molecule has 0 N–H and O–H groups in total. The van der Waals surface area contributed by atoms with Crippen LogP contribution in [0.25, 0.3) is 5.41 Å². The predicted octanol–water partition coefficient (Wildman–Crippen LogP) is 2.81. The van der Waals surface area contributed by atoms with Crippen molar-refractivity contribution in [1.82, 2.24) is 4.90 Å². The highest BCUT2D eigenvalue weighted by atomic mass is 15.3. The highest BCUT2D eigenvalue weighted by Crippen LogP contribution is 2.07. The van der Waals surface area contributed by atoms with Crippen LogP contribution in [0, 0.1) is 11.5 Å². The van der Waals surface area contributed by atoms with Crippen LogP contribution in [0.3, 0.4) is 0 Å². The third kappa shape index (κ3) is 9.69. The van der Waals surface area contributed by atoms with E-state index < -0.39 is 0 Å². The summed E-state index contributed by atoms with van der Waals surface area (Å²) in [5.41, 5.74) is 0. The molecular formula is C15H31N5. The highest BCUT2D eigenvalue weighted by molar-refractivity contribution is 5.46. The standard InChI is InChI=1S/C13H31N2.C2N3/c1-6-14(7-2)12-11-13-15(8-3,9-4)10-5;3-1-5-2-4/h6-13H2,1-5H3;/q+1;-1. The fourth-order valence-corrected chi connectivity index (χ4v) is 2.34. The van der Waals surface area contributed by atoms with Gasteiger partial charge in [0.15, 0.2) is 0 Å². The molecule has 0 atom stereocenters. The Morgan fingerprint density at radius 3 is 1.80 bits per heavy atom. The van der Waals surface area contributed by atoms with Crippen LogP contribution in [0.5, 0.6) is 0 Å². The molecule has 0 aliphatic carbocycles. The summed E-state index contributed by atoms with van der Waals surface area (Å²) in [4.78, 5) is 5.11. The Balaban J connectivity index is 0. The van der Waals surface area contributed by atoms with E-state index >= 15 is 0 Å². The summed E-state index contributed by atoms with van der Waals surface area (Å²) < 4.78 is 1.29. The van der Waals surface area contributed by atoms with Crippen molar-refractivity contribution in [3.63, 3.8) is 0 Å². The van der Waals surface area contributed by atoms with Gasteiger partial charge in [-0.1, -0.05) is 13.8 Å². The van der Waals surface area contributed by atoms with E-state index in [-0.39, 0.29) is 0 Å². The van der Waals surface area contributed by atoms with Gasteiger partial charge in [-0.25, -0.2) is 0 Å². The second kappa shape index (κ2) is 14.2. The van der Waals surface area contributed by atoms with Gasteiger partial charge in [-0.05, 0) is 33.9 Å². The summed E-state index contributed by atoms with van der Waals surface area (Å²) in [5, 5.41) is 14.9. The number of rotatable bonds is 9. The fraction of sp³-hybridized carbons (Fsp3) is 0.867. The van der Waals surface area contributed by atoms with Crippen LogP contribution in [0.4, 0.5) is 0 Å². The van der Waals surface area contributed by atoms with E-state index in [0.717, 1.165) is 0 Å². The SMILES string of the molecule is CCN(CC)CCC[N+](CC)(CC)CC.N#CN=C=[N-]. The molecule has 0 aliphatic rings. The van der Waals surface area contributed by atoms with Crippen molar-refractivity contribution in [3.8, 4) is 6.19 Å². The van der Waals surface area contributed by atoms with E-state index in [0.29, 0.717) is 0 Å². The van der Waals surface area contributed by atoms with Crippen molar-refractivity contribution >= 4 is 6.01 Å². The molecule has 0 bridgehead atoms. The number of nitriles is 1. The van der Waals surface area contributed by atoms with Crippen molar-refractivity contribution in [2.24, 2.45) is 4.99 Å². The van der Waals surface area contributed by atoms with Crippen LogP contribution in [0.15, 0.2) is 4.99 Å². The van der Waals surface area contributed by atoms with Gasteiger partial charge in [-0.2, -0.15) is 5.26 Å². The van der Waals surface area contributed by atoms with Crippen molar-refractivity contribution in [2.45, 2.75) is 41.0 Å². The molecule has 20 heavy (non-hydrogen) atoms. The molecule has 0 unspecified atom stereocenters. The third-order valence-electron chi connectivity index (χ3n) is 4.11. The van der Waals surface area contributed by atoms with Crippen LogP contribution in [0.2, 0.25) is 0 Å². The van der Waals surface area contributed by atoms with E-state index in [2.05, 4.69) is 44.5 Å². The molecule has 0 heterocycles. The molecule has 0 radical (unpaired) electrons. The van der Waals surface area contributed by atoms with Gasteiger partial charge >= 0.3 is 0 Å². The molecule has 0 aromatic heterocycles. The Kier molecular flexibility index (Phi) is 15.0. The average Bonchev–Trinajstić information content (AvgIpc) is 2.50. The number of hydrogen-bond donors (Lipinski definition) is 0. The van der Waals surface area contributed by atoms with Crippen LogP contribution >= 0.6 is 0 Å². The van der Waals surface area contributed by atoms with E-state index in [4.69, 9.17) is 10.7 Å². The Morgan fingerprint density at radius 1 is 1.05 bits per heavy atom. The van der Waals surface area contributed by atoms with Crippen molar-refractivity contribution in [3.05, 3.63) is 5.41 Å². The minimum Gasteiger partial charge on any atom is -0.422 e. The van der Waals surface area contributed by atoms with Gasteiger partial charge in [-0.3, -0.25) is 0 Å². The fourth-order valence-electron chi connectivity index (χ4n) is 2.34. The zero-order valence-electron chi connectivity index (χ0n) is 13.9. The van der Waals surface area contributed by atoms with Gasteiger partial charge in [0.2, 0.25) is 0 Å². The van der Waals surface area contributed by atoms with E-state index in [9.17, 15) is 0 Å². The zero-order chi connectivity index (χ0) is 15.9. The third-order valence-corrected chi connectivity index (χ3v) is 4.11. The highest BCUT2D eigenvalue weighted by Gasteiger charge is 2.19. The van der Waals surface area contributed by atoms with E-state index in [1.54, 1.807) is 0 Å². The Morgan fingerprint density at radius 2 is 1.55 bits per heavy atom. The first-order chi connectivity index (χ1) is 9.59. The van der Waals surface area contributed by atoms with Crippen molar-refractivity contribution in [1.29, 1.82) is 5.26 Å². The first-order valence-electron chi connectivity index (χ1n) is 7.64. The number of nitrogens with zero attached hydrogens (tertiary/aromatic N) is 5. The molecule has 0 aliphatic heterocycles. The minimum absolute atomic E-state index is 1.20. The number of hydrogen-bond acceptors (Lipinski definition) is 3. The maximum absolute atomic E-state index is 7.43. The van der Waals surface area contributed by atoms with Gasteiger partial charge in [-0.15, -0.1) is 6.01 Å². The van der Waals surface area contributed by atoms with Crippen LogP contribution < -0.4 is 0 Å². The van der Waals surface area contributed by atoms with Crippen molar-refractivity contribution < 1.29 is 4.48 Å². The summed E-state index contributed by atoms with van der Waals surface area (Å²) in [6, 6.07) is 1.28. The Bertz CT molecular complexity index is 286. The molecule has 0 fully saturated rings. The second-order valence-electron chi connectivity index (χ2n) is 4.71. The lowest BCUT2D eigenvalue weighted by Crippen LogP contribution is -2.48. The molecule has 5 nitrogen and oxygen atoms in total. The summed E-state index contributed by atoms with van der Waals surface area (Å²) >= 11 is 0. The molecule has 0 amide bonds. The van der Waals surface area contributed by atoms with Gasteiger partial charge in [0.1, 0.15) is 0 Å². The zero-order valence-corrected chi connectivity index (χ0v) is 13.9. The first-order valence-corrected chi connectivity index (χ1v) is 7.64. The lowest BCUT2D eigenvalue weighted by Gasteiger charge is -2.36. The molecule has 0 aromatic rings. The van der Waals surface area contributed by atoms with Gasteiger partial charge in [0.25, 0.3) is 0 Å². The maximum Gasteiger partial charge on any atom is 0.0925 e. The molecular weight excluding hydrogens is 250 g/mol. The maximum atomic E-state index is 7.43. The molecule has 5 heteroatoms. The van der Waals surface area contributed by atoms with Gasteiger partial charge in [0, 0.05) is 13.0 Å². The lowest BCUT2D eigenvalue weighted by molar-refractivity contribution is -0.923. The van der Waals surface area contributed by atoms with E-state index in [1.807, 2.05) is 0 Å². The first kappa shape index (κ1) is 21.1. The number of quaternary nitrogens is 1. The molecule has 0 saturated carbocycles. The quantitative estimate of drug-likeness (QED) is 0.370. The Labute approximate surface area is 125 Å². The average molecular weight is 281 g/mol.